The van der Waals surface area contributed by atoms with E-state index in [9.17, 15) is 4.79 Å². The Morgan fingerprint density at radius 3 is 2.57 bits per heavy atom. The molecule has 1 aromatic carbocycles. The van der Waals surface area contributed by atoms with Crippen LogP contribution in [-0.2, 0) is 4.79 Å². The third-order valence-corrected chi connectivity index (χ3v) is 4.52. The molecule has 0 saturated heterocycles. The molecule has 0 unspecified atom stereocenters. The van der Waals surface area contributed by atoms with Gasteiger partial charge in [0.25, 0.3) is 0 Å². The molecule has 0 spiro atoms. The fourth-order valence-corrected chi connectivity index (χ4v) is 3.13. The Morgan fingerprint density at radius 1 is 1.26 bits per heavy atom. The number of H-pyrrole nitrogens is 1. The van der Waals surface area contributed by atoms with Crippen LogP contribution < -0.4 is 10.6 Å². The van der Waals surface area contributed by atoms with E-state index in [1.807, 2.05) is 19.1 Å². The second-order valence-corrected chi connectivity index (χ2v) is 6.35. The number of benzene rings is 1. The lowest BCUT2D eigenvalue weighted by Crippen LogP contribution is -2.51. The van der Waals surface area contributed by atoms with Crippen molar-refractivity contribution in [3.8, 4) is 0 Å². The Labute approximate surface area is 136 Å². The van der Waals surface area contributed by atoms with Gasteiger partial charge in [0.05, 0.1) is 6.04 Å². The lowest BCUT2D eigenvalue weighted by Gasteiger charge is -2.31. The molecule has 1 atom stereocenters. The molecule has 23 heavy (non-hydrogen) atoms. The first-order valence-electron chi connectivity index (χ1n) is 8.10. The number of hydrogen-bond donors (Lipinski definition) is 3. The predicted octanol–water partition coefficient (Wildman–Crippen LogP) is 2.72. The number of nitrogens with one attached hydrogen (secondary N) is 3. The third-order valence-electron chi connectivity index (χ3n) is 4.52. The molecule has 1 heterocycles. The SMILES string of the molecule is Cc1ccc(NC2(C(=O)N[C@@H](C)c3ncn[nH]3)CCCC2)cc1. The molecule has 2 aromatic rings. The second-order valence-electron chi connectivity index (χ2n) is 6.35. The minimum Gasteiger partial charge on any atom is -0.371 e. The zero-order valence-electron chi connectivity index (χ0n) is 13.6. The molecule has 1 fully saturated rings. The van der Waals surface area contributed by atoms with E-state index in [0.717, 1.165) is 31.4 Å². The highest BCUT2D eigenvalue weighted by atomic mass is 16.2. The first kappa shape index (κ1) is 15.5. The van der Waals surface area contributed by atoms with E-state index in [4.69, 9.17) is 0 Å². The maximum atomic E-state index is 12.9. The Bertz CT molecular complexity index is 644. The molecule has 1 saturated carbocycles. The van der Waals surface area contributed by atoms with Crippen LogP contribution in [0.25, 0.3) is 0 Å². The number of aromatic amines is 1. The van der Waals surface area contributed by atoms with Gasteiger partial charge in [0.15, 0.2) is 0 Å². The van der Waals surface area contributed by atoms with Crippen molar-refractivity contribution in [3.63, 3.8) is 0 Å². The summed E-state index contributed by atoms with van der Waals surface area (Å²) < 4.78 is 0. The van der Waals surface area contributed by atoms with E-state index >= 15 is 0 Å². The van der Waals surface area contributed by atoms with Crippen molar-refractivity contribution in [2.24, 2.45) is 0 Å². The number of carbonyl (C=O) groups excluding carboxylic acids is 1. The van der Waals surface area contributed by atoms with E-state index in [0.29, 0.717) is 5.82 Å². The standard InChI is InChI=1S/C17H23N5O/c1-12-5-7-14(8-6-12)21-17(9-3-4-10-17)16(23)20-13(2)15-18-11-19-22-15/h5-8,11,13,21H,3-4,9-10H2,1-2H3,(H,20,23)(H,18,19,22)/t13-/m0/s1. The summed E-state index contributed by atoms with van der Waals surface area (Å²) in [6, 6.07) is 7.98. The summed E-state index contributed by atoms with van der Waals surface area (Å²) in [4.78, 5) is 17.0. The number of carbonyl (C=O) groups is 1. The van der Waals surface area contributed by atoms with Crippen LogP contribution in [0.2, 0.25) is 0 Å². The molecular formula is C17H23N5O. The van der Waals surface area contributed by atoms with Crippen LogP contribution in [0.3, 0.4) is 0 Å². The van der Waals surface area contributed by atoms with Crippen LogP contribution in [0.5, 0.6) is 0 Å². The number of hydrogen-bond acceptors (Lipinski definition) is 4. The van der Waals surface area contributed by atoms with Crippen molar-refractivity contribution < 1.29 is 4.79 Å². The molecule has 1 aromatic heterocycles. The molecular weight excluding hydrogens is 290 g/mol. The number of nitrogens with zero attached hydrogens (tertiary/aromatic N) is 2. The normalized spacial score (nSPS) is 17.7. The van der Waals surface area contributed by atoms with Crippen molar-refractivity contribution in [2.75, 3.05) is 5.32 Å². The fourth-order valence-electron chi connectivity index (χ4n) is 3.13. The zero-order valence-corrected chi connectivity index (χ0v) is 13.6. The summed E-state index contributed by atoms with van der Waals surface area (Å²) in [6.45, 7) is 3.97. The summed E-state index contributed by atoms with van der Waals surface area (Å²) in [5, 5.41) is 13.2. The van der Waals surface area contributed by atoms with Gasteiger partial charge >= 0.3 is 0 Å². The van der Waals surface area contributed by atoms with Crippen LogP contribution >= 0.6 is 0 Å². The van der Waals surface area contributed by atoms with Crippen molar-refractivity contribution in [3.05, 3.63) is 42.0 Å². The maximum absolute atomic E-state index is 12.9. The smallest absolute Gasteiger partial charge is 0.246 e. The molecule has 1 aliphatic rings. The molecule has 6 heteroatoms. The van der Waals surface area contributed by atoms with Gasteiger partial charge in [-0.3, -0.25) is 9.89 Å². The molecule has 0 bridgehead atoms. The van der Waals surface area contributed by atoms with E-state index < -0.39 is 5.54 Å². The number of aromatic nitrogens is 3. The number of rotatable bonds is 5. The van der Waals surface area contributed by atoms with Crippen LogP contribution in [0.4, 0.5) is 5.69 Å². The first-order valence-corrected chi connectivity index (χ1v) is 8.10. The summed E-state index contributed by atoms with van der Waals surface area (Å²) in [6.07, 6.45) is 5.26. The van der Waals surface area contributed by atoms with E-state index in [-0.39, 0.29) is 11.9 Å². The number of anilines is 1. The third kappa shape index (κ3) is 3.36. The van der Waals surface area contributed by atoms with E-state index in [1.165, 1.54) is 11.9 Å². The lowest BCUT2D eigenvalue weighted by molar-refractivity contribution is -0.126. The Morgan fingerprint density at radius 2 is 1.96 bits per heavy atom. The molecule has 122 valence electrons. The molecule has 3 rings (SSSR count). The summed E-state index contributed by atoms with van der Waals surface area (Å²) >= 11 is 0. The minimum absolute atomic E-state index is 0.0273. The molecule has 0 aliphatic heterocycles. The number of amides is 1. The molecule has 1 amide bonds. The van der Waals surface area contributed by atoms with Gasteiger partial charge in [0.1, 0.15) is 17.7 Å². The molecule has 6 nitrogen and oxygen atoms in total. The van der Waals surface area contributed by atoms with Gasteiger partial charge in [0.2, 0.25) is 5.91 Å². The quantitative estimate of drug-likeness (QED) is 0.792. The van der Waals surface area contributed by atoms with Gasteiger partial charge in [-0.1, -0.05) is 30.5 Å². The average molecular weight is 313 g/mol. The average Bonchev–Trinajstić information content (AvgIpc) is 3.21. The fraction of sp³-hybridized carbons (Fsp3) is 0.471. The van der Waals surface area contributed by atoms with E-state index in [1.54, 1.807) is 0 Å². The van der Waals surface area contributed by atoms with Crippen molar-refractivity contribution in [1.29, 1.82) is 0 Å². The van der Waals surface area contributed by atoms with Crippen molar-refractivity contribution in [2.45, 2.75) is 51.1 Å². The Kier molecular flexibility index (Phi) is 4.32. The van der Waals surface area contributed by atoms with Gasteiger partial charge < -0.3 is 10.6 Å². The van der Waals surface area contributed by atoms with Gasteiger partial charge in [-0.25, -0.2) is 4.98 Å². The van der Waals surface area contributed by atoms with Crippen LogP contribution in [0.1, 0.15) is 50.0 Å². The topological polar surface area (TPSA) is 82.7 Å². The highest BCUT2D eigenvalue weighted by molar-refractivity contribution is 5.90. The highest BCUT2D eigenvalue weighted by Crippen LogP contribution is 2.34. The molecule has 3 N–H and O–H groups in total. The zero-order chi connectivity index (χ0) is 16.3. The summed E-state index contributed by atoms with van der Waals surface area (Å²) in [5.41, 5.74) is 1.66. The van der Waals surface area contributed by atoms with Gasteiger partial charge in [-0.15, -0.1) is 0 Å². The van der Waals surface area contributed by atoms with Crippen LogP contribution in [0.15, 0.2) is 30.6 Å². The van der Waals surface area contributed by atoms with Gasteiger partial charge in [-0.05, 0) is 38.8 Å². The molecule has 1 aliphatic carbocycles. The Hall–Kier alpha value is -2.37. The highest BCUT2D eigenvalue weighted by Gasteiger charge is 2.41. The largest absolute Gasteiger partial charge is 0.371 e. The van der Waals surface area contributed by atoms with Crippen LogP contribution in [-0.4, -0.2) is 26.6 Å². The Balaban J connectivity index is 1.74. The van der Waals surface area contributed by atoms with E-state index in [2.05, 4.69) is 44.9 Å². The number of aryl methyl sites for hydroxylation is 1. The second kappa shape index (κ2) is 6.40. The van der Waals surface area contributed by atoms with Crippen LogP contribution in [0, 0.1) is 6.92 Å². The van der Waals surface area contributed by atoms with Crippen molar-refractivity contribution in [1.82, 2.24) is 20.5 Å². The van der Waals surface area contributed by atoms with Gasteiger partial charge in [0, 0.05) is 5.69 Å². The first-order chi connectivity index (χ1) is 11.1. The van der Waals surface area contributed by atoms with Crippen molar-refractivity contribution >= 4 is 11.6 Å². The lowest BCUT2D eigenvalue weighted by atomic mass is 9.95. The summed E-state index contributed by atoms with van der Waals surface area (Å²) in [5.74, 6) is 0.696. The maximum Gasteiger partial charge on any atom is 0.246 e. The van der Waals surface area contributed by atoms with Gasteiger partial charge in [-0.2, -0.15) is 5.10 Å². The minimum atomic E-state index is -0.538. The molecule has 0 radical (unpaired) electrons. The summed E-state index contributed by atoms with van der Waals surface area (Å²) in [7, 11) is 0. The monoisotopic (exact) mass is 313 g/mol. The predicted molar refractivity (Wildman–Crippen MR) is 88.9 cm³/mol.